The van der Waals surface area contributed by atoms with E-state index >= 15 is 0 Å². The fraction of sp³-hybridized carbons (Fsp3) is 0.500. The van der Waals surface area contributed by atoms with Crippen molar-refractivity contribution < 1.29 is 9.59 Å². The molecule has 0 spiro atoms. The highest BCUT2D eigenvalue weighted by atomic mass is 16.2. The molecule has 0 unspecified atom stereocenters. The van der Waals surface area contributed by atoms with Gasteiger partial charge in [0.15, 0.2) is 0 Å². The van der Waals surface area contributed by atoms with Crippen molar-refractivity contribution in [3.8, 4) is 0 Å². The fourth-order valence-corrected chi connectivity index (χ4v) is 5.42. The third-order valence-corrected chi connectivity index (χ3v) is 8.47. The quantitative estimate of drug-likeness (QED) is 0.189. The molecule has 4 nitrogen and oxygen atoms in total. The number of aryl methyl sites for hydroxylation is 2. The maximum absolute atomic E-state index is 10.8. The minimum absolute atomic E-state index is 0.229. The molecule has 2 saturated heterocycles. The molecule has 2 amide bonds. The lowest BCUT2D eigenvalue weighted by Crippen LogP contribution is -2.36. The van der Waals surface area contributed by atoms with E-state index in [9.17, 15) is 9.59 Å². The van der Waals surface area contributed by atoms with Crippen LogP contribution in [0.4, 0.5) is 0 Å². The van der Waals surface area contributed by atoms with E-state index in [1.807, 2.05) is 51.3 Å². The lowest BCUT2D eigenvalue weighted by Gasteiger charge is -2.29. The molecule has 48 heavy (non-hydrogen) atoms. The topological polar surface area (TPSA) is 40.6 Å². The molecule has 4 aromatic carbocycles. The summed E-state index contributed by atoms with van der Waals surface area (Å²) < 4.78 is 0. The third kappa shape index (κ3) is 16.4. The molecule has 4 aromatic rings. The second kappa shape index (κ2) is 26.3. The van der Waals surface area contributed by atoms with Crippen LogP contribution in [-0.4, -0.2) is 47.8 Å². The predicted molar refractivity (Wildman–Crippen MR) is 213 cm³/mol. The Kier molecular flexibility index (Phi) is 24.3. The van der Waals surface area contributed by atoms with E-state index < -0.39 is 0 Å². The van der Waals surface area contributed by atoms with Gasteiger partial charge in [0.25, 0.3) is 0 Å². The van der Waals surface area contributed by atoms with Crippen molar-refractivity contribution in [1.82, 2.24) is 9.80 Å². The van der Waals surface area contributed by atoms with Gasteiger partial charge >= 0.3 is 0 Å². The summed E-state index contributed by atoms with van der Waals surface area (Å²) in [5.74, 6) is 2.09. The van der Waals surface area contributed by atoms with Crippen LogP contribution >= 0.6 is 0 Å². The van der Waals surface area contributed by atoms with Gasteiger partial charge in [0.2, 0.25) is 11.8 Å². The number of piperidine rings is 2. The summed E-state index contributed by atoms with van der Waals surface area (Å²) in [6.45, 7) is 27.9. The van der Waals surface area contributed by atoms with Crippen LogP contribution in [0.1, 0.15) is 106 Å². The van der Waals surface area contributed by atoms with Gasteiger partial charge in [-0.05, 0) is 84.0 Å². The van der Waals surface area contributed by atoms with Gasteiger partial charge in [0.1, 0.15) is 0 Å². The summed E-state index contributed by atoms with van der Waals surface area (Å²) in [5, 5.41) is 5.37. The Hall–Kier alpha value is -3.66. The van der Waals surface area contributed by atoms with Gasteiger partial charge < -0.3 is 9.80 Å². The minimum atomic E-state index is 0.229. The van der Waals surface area contributed by atoms with Crippen LogP contribution in [0.15, 0.2) is 84.9 Å². The highest BCUT2D eigenvalue weighted by Crippen LogP contribution is 2.18. The molecule has 6 rings (SSSR count). The molecule has 2 aliphatic heterocycles. The Morgan fingerprint density at radius 2 is 0.750 bits per heavy atom. The number of fused-ring (bicyclic) bond motifs is 2. The summed E-state index contributed by atoms with van der Waals surface area (Å²) in [6.07, 6.45) is 4.72. The first-order valence-electron chi connectivity index (χ1n) is 18.6. The van der Waals surface area contributed by atoms with Gasteiger partial charge in [-0.2, -0.15) is 0 Å². The van der Waals surface area contributed by atoms with E-state index in [0.717, 1.165) is 38.0 Å². The highest BCUT2D eigenvalue weighted by Gasteiger charge is 2.17. The normalized spacial score (nSPS) is 13.9. The molecule has 2 fully saturated rings. The average molecular weight is 657 g/mol. The lowest BCUT2D eigenvalue weighted by atomic mass is 9.99. The van der Waals surface area contributed by atoms with Crippen molar-refractivity contribution in [2.75, 3.05) is 26.2 Å². The Morgan fingerprint density at radius 3 is 1.02 bits per heavy atom. The predicted octanol–water partition coefficient (Wildman–Crippen LogP) is 11.9. The number of hydrogen-bond acceptors (Lipinski definition) is 2. The monoisotopic (exact) mass is 657 g/mol. The van der Waals surface area contributed by atoms with E-state index in [4.69, 9.17) is 0 Å². The molecular weight excluding hydrogens is 588 g/mol. The SMILES string of the molecule is CC.CC.CC.CC(=O)N1CCC(C)CC1.CC(=O)N1CCC(C)CC1.Cc1cccc2ccccc12.Cc1cccc2ccccc12. The van der Waals surface area contributed by atoms with E-state index in [0.29, 0.717) is 0 Å². The van der Waals surface area contributed by atoms with E-state index in [1.54, 1.807) is 13.8 Å². The number of carbonyl (C=O) groups excluding carboxylic acids is 2. The number of nitrogens with zero attached hydrogens (tertiary/aromatic N) is 2. The summed E-state index contributed by atoms with van der Waals surface area (Å²) in [5.41, 5.74) is 2.70. The van der Waals surface area contributed by atoms with Crippen LogP contribution in [0.2, 0.25) is 0 Å². The Balaban J connectivity index is 0.000000583. The van der Waals surface area contributed by atoms with Crippen molar-refractivity contribution in [3.63, 3.8) is 0 Å². The van der Waals surface area contributed by atoms with Crippen molar-refractivity contribution in [2.45, 2.75) is 109 Å². The second-order valence-electron chi connectivity index (χ2n) is 12.0. The molecule has 2 aliphatic rings. The molecule has 0 aromatic heterocycles. The molecular formula is C44H68N2O2. The van der Waals surface area contributed by atoms with E-state index in [1.165, 1.54) is 58.4 Å². The largest absolute Gasteiger partial charge is 0.343 e. The maximum Gasteiger partial charge on any atom is 0.219 e. The number of rotatable bonds is 0. The number of carbonyl (C=O) groups is 2. The Bertz CT molecular complexity index is 1290. The Labute approximate surface area is 294 Å². The van der Waals surface area contributed by atoms with Gasteiger partial charge in [-0.15, -0.1) is 0 Å². The van der Waals surface area contributed by atoms with Crippen LogP contribution in [0.25, 0.3) is 21.5 Å². The first-order chi connectivity index (χ1) is 23.2. The molecule has 0 radical (unpaired) electrons. The van der Waals surface area contributed by atoms with E-state index in [2.05, 4.69) is 113 Å². The standard InChI is InChI=1S/2C11H10.2C8H15NO.3C2H6/c2*1-9-5-4-7-10-6-2-3-8-11(9)10;2*1-7-3-5-9(6-4-7)8(2)10;3*1-2/h2*2-8H,1H3;2*7H,3-6H2,1-2H3;3*1-2H3. The second-order valence-corrected chi connectivity index (χ2v) is 12.0. The van der Waals surface area contributed by atoms with Crippen LogP contribution in [0, 0.1) is 25.7 Å². The van der Waals surface area contributed by atoms with Gasteiger partial charge in [-0.25, -0.2) is 0 Å². The molecule has 266 valence electrons. The van der Waals surface area contributed by atoms with E-state index in [-0.39, 0.29) is 11.8 Å². The maximum atomic E-state index is 10.8. The van der Waals surface area contributed by atoms with Gasteiger partial charge in [0, 0.05) is 40.0 Å². The zero-order valence-electron chi connectivity index (χ0n) is 32.6. The third-order valence-electron chi connectivity index (χ3n) is 8.47. The number of benzene rings is 4. The van der Waals surface area contributed by atoms with Crippen LogP contribution in [0.3, 0.4) is 0 Å². The average Bonchev–Trinajstić information content (AvgIpc) is 3.13. The summed E-state index contributed by atoms with van der Waals surface area (Å²) in [7, 11) is 0. The van der Waals surface area contributed by atoms with Crippen LogP contribution in [0.5, 0.6) is 0 Å². The zero-order valence-corrected chi connectivity index (χ0v) is 32.6. The van der Waals surface area contributed by atoms with Crippen molar-refractivity contribution >= 4 is 33.4 Å². The lowest BCUT2D eigenvalue weighted by molar-refractivity contribution is -0.130. The number of amides is 2. The molecule has 0 saturated carbocycles. The summed E-state index contributed by atoms with van der Waals surface area (Å²) in [4.78, 5) is 25.5. The van der Waals surface area contributed by atoms with Gasteiger partial charge in [-0.1, -0.05) is 140 Å². The molecule has 4 heteroatoms. The number of hydrogen-bond donors (Lipinski definition) is 0. The van der Waals surface area contributed by atoms with Gasteiger partial charge in [-0.3, -0.25) is 9.59 Å². The minimum Gasteiger partial charge on any atom is -0.343 e. The van der Waals surface area contributed by atoms with Crippen LogP contribution in [-0.2, 0) is 9.59 Å². The first-order valence-corrected chi connectivity index (χ1v) is 18.6. The summed E-state index contributed by atoms with van der Waals surface area (Å²) in [6, 6.07) is 29.7. The molecule has 0 N–H and O–H groups in total. The Morgan fingerprint density at radius 1 is 0.479 bits per heavy atom. The zero-order chi connectivity index (χ0) is 36.5. The fourth-order valence-electron chi connectivity index (χ4n) is 5.42. The first kappa shape index (κ1) is 44.3. The van der Waals surface area contributed by atoms with Crippen LogP contribution < -0.4 is 0 Å². The van der Waals surface area contributed by atoms with Crippen molar-refractivity contribution in [2.24, 2.45) is 11.8 Å². The smallest absolute Gasteiger partial charge is 0.219 e. The highest BCUT2D eigenvalue weighted by molar-refractivity contribution is 5.86. The molecule has 0 aliphatic carbocycles. The molecule has 2 heterocycles. The van der Waals surface area contributed by atoms with Crippen molar-refractivity contribution in [3.05, 3.63) is 96.1 Å². The molecule has 0 atom stereocenters. The molecule has 0 bridgehead atoms. The van der Waals surface area contributed by atoms with Gasteiger partial charge in [0.05, 0.1) is 0 Å². The number of likely N-dealkylation sites (tertiary alicyclic amines) is 2. The van der Waals surface area contributed by atoms with Crippen molar-refractivity contribution in [1.29, 1.82) is 0 Å². The summed E-state index contributed by atoms with van der Waals surface area (Å²) >= 11 is 0.